The zero-order chi connectivity index (χ0) is 10.7. The van der Waals surface area contributed by atoms with E-state index in [1.165, 1.54) is 0 Å². The number of hydrogen-bond donors (Lipinski definition) is 2. The summed E-state index contributed by atoms with van der Waals surface area (Å²) in [6.45, 7) is 5.58. The first kappa shape index (κ1) is 12.8. The van der Waals surface area contributed by atoms with Crippen molar-refractivity contribution in [2.45, 2.75) is 39.8 Å². The highest BCUT2D eigenvalue weighted by Crippen LogP contribution is 2.29. The molecule has 1 atom stereocenters. The summed E-state index contributed by atoms with van der Waals surface area (Å²) in [5.74, 6) is 0. The number of nitrogens with two attached hydrogens (primary N) is 1. The van der Waals surface area contributed by atoms with Crippen LogP contribution in [-0.2, 0) is 14.6 Å². The van der Waals surface area contributed by atoms with Crippen molar-refractivity contribution in [3.8, 4) is 0 Å². The third-order valence-electron chi connectivity index (χ3n) is 2.53. The standard InChI is InChI=1S/C7H17NO4S/c1-4-7(3,5-2)6(8)12-13(9,10)11/h6H,4-5,8H2,1-3H3,(H,9,10,11). The quantitative estimate of drug-likeness (QED) is 0.521. The molecule has 0 aromatic heterocycles. The molecular weight excluding hydrogens is 194 g/mol. The van der Waals surface area contributed by atoms with Crippen LogP contribution in [0.3, 0.4) is 0 Å². The van der Waals surface area contributed by atoms with E-state index in [1.807, 2.05) is 20.8 Å². The minimum Gasteiger partial charge on any atom is -0.304 e. The zero-order valence-electron chi connectivity index (χ0n) is 8.15. The van der Waals surface area contributed by atoms with Crippen molar-refractivity contribution >= 4 is 10.4 Å². The third-order valence-corrected chi connectivity index (χ3v) is 2.98. The maximum absolute atomic E-state index is 10.4. The van der Waals surface area contributed by atoms with Crippen molar-refractivity contribution < 1.29 is 17.2 Å². The second-order valence-electron chi connectivity index (χ2n) is 3.31. The van der Waals surface area contributed by atoms with E-state index in [2.05, 4.69) is 4.18 Å². The van der Waals surface area contributed by atoms with Crippen LogP contribution in [0.2, 0.25) is 0 Å². The Morgan fingerprint density at radius 2 is 1.85 bits per heavy atom. The summed E-state index contributed by atoms with van der Waals surface area (Å²) in [4.78, 5) is 0. The van der Waals surface area contributed by atoms with E-state index in [9.17, 15) is 8.42 Å². The Balaban J connectivity index is 4.49. The molecule has 0 aliphatic heterocycles. The average Bonchev–Trinajstić information content (AvgIpc) is 2.00. The van der Waals surface area contributed by atoms with Crippen molar-refractivity contribution in [2.24, 2.45) is 11.1 Å². The van der Waals surface area contributed by atoms with Gasteiger partial charge in [-0.15, -0.1) is 0 Å². The molecule has 0 saturated carbocycles. The van der Waals surface area contributed by atoms with E-state index in [-0.39, 0.29) is 0 Å². The van der Waals surface area contributed by atoms with E-state index in [1.54, 1.807) is 0 Å². The van der Waals surface area contributed by atoms with E-state index >= 15 is 0 Å². The molecule has 0 heterocycles. The van der Waals surface area contributed by atoms with Crippen molar-refractivity contribution in [1.29, 1.82) is 0 Å². The van der Waals surface area contributed by atoms with Crippen molar-refractivity contribution in [1.82, 2.24) is 0 Å². The van der Waals surface area contributed by atoms with Crippen LogP contribution >= 0.6 is 0 Å². The van der Waals surface area contributed by atoms with Gasteiger partial charge in [-0.2, -0.15) is 8.42 Å². The molecule has 13 heavy (non-hydrogen) atoms. The summed E-state index contributed by atoms with van der Waals surface area (Å²) in [6.07, 6.45) is 0.359. The van der Waals surface area contributed by atoms with Crippen LogP contribution in [0.4, 0.5) is 0 Å². The summed E-state index contributed by atoms with van der Waals surface area (Å²) in [5, 5.41) is 0. The Morgan fingerprint density at radius 1 is 1.46 bits per heavy atom. The monoisotopic (exact) mass is 211 g/mol. The number of hydrogen-bond acceptors (Lipinski definition) is 4. The minimum atomic E-state index is -4.45. The van der Waals surface area contributed by atoms with Gasteiger partial charge in [-0.3, -0.25) is 4.55 Å². The van der Waals surface area contributed by atoms with Gasteiger partial charge in [-0.25, -0.2) is 4.18 Å². The second-order valence-corrected chi connectivity index (χ2v) is 4.35. The molecule has 6 heteroatoms. The van der Waals surface area contributed by atoms with Crippen molar-refractivity contribution in [3.63, 3.8) is 0 Å². The Morgan fingerprint density at radius 3 is 2.08 bits per heavy atom. The molecule has 3 N–H and O–H groups in total. The topological polar surface area (TPSA) is 89.6 Å². The van der Waals surface area contributed by atoms with E-state index in [4.69, 9.17) is 10.3 Å². The van der Waals surface area contributed by atoms with E-state index in [0.29, 0.717) is 12.8 Å². The molecule has 0 fully saturated rings. The summed E-state index contributed by atoms with van der Waals surface area (Å²) >= 11 is 0. The molecule has 0 aromatic rings. The predicted octanol–water partition coefficient (Wildman–Crippen LogP) is 0.917. The van der Waals surface area contributed by atoms with Gasteiger partial charge in [0.25, 0.3) is 0 Å². The lowest BCUT2D eigenvalue weighted by molar-refractivity contribution is 0.0528. The molecule has 0 aliphatic carbocycles. The molecule has 0 bridgehead atoms. The van der Waals surface area contributed by atoms with Crippen LogP contribution in [0.1, 0.15) is 33.6 Å². The van der Waals surface area contributed by atoms with Gasteiger partial charge in [0, 0.05) is 5.41 Å². The largest absolute Gasteiger partial charge is 0.398 e. The Labute approximate surface area is 79.2 Å². The molecule has 1 unspecified atom stereocenters. The van der Waals surface area contributed by atoms with Crippen LogP contribution < -0.4 is 5.73 Å². The van der Waals surface area contributed by atoms with Gasteiger partial charge in [-0.05, 0) is 12.8 Å². The lowest BCUT2D eigenvalue weighted by Crippen LogP contribution is -2.42. The first-order valence-corrected chi connectivity index (χ1v) is 5.53. The van der Waals surface area contributed by atoms with Crippen LogP contribution in [0.5, 0.6) is 0 Å². The molecule has 5 nitrogen and oxygen atoms in total. The molecule has 0 aromatic carbocycles. The fourth-order valence-electron chi connectivity index (χ4n) is 0.900. The van der Waals surface area contributed by atoms with Gasteiger partial charge in [0.2, 0.25) is 0 Å². The fourth-order valence-corrected chi connectivity index (χ4v) is 1.39. The lowest BCUT2D eigenvalue weighted by Gasteiger charge is -2.31. The van der Waals surface area contributed by atoms with Gasteiger partial charge in [-0.1, -0.05) is 20.8 Å². The van der Waals surface area contributed by atoms with Gasteiger partial charge in [0.15, 0.2) is 0 Å². The first-order chi connectivity index (χ1) is 5.75. The third kappa shape index (κ3) is 4.04. The zero-order valence-corrected chi connectivity index (χ0v) is 8.97. The first-order valence-electron chi connectivity index (χ1n) is 4.16. The van der Waals surface area contributed by atoms with Gasteiger partial charge in [0.05, 0.1) is 0 Å². The fraction of sp³-hybridized carbons (Fsp3) is 1.00. The van der Waals surface area contributed by atoms with Gasteiger partial charge < -0.3 is 5.73 Å². The molecule has 0 spiro atoms. The molecule has 0 aliphatic rings. The van der Waals surface area contributed by atoms with Gasteiger partial charge in [0.1, 0.15) is 6.23 Å². The summed E-state index contributed by atoms with van der Waals surface area (Å²) in [7, 11) is -4.45. The molecular formula is C7H17NO4S. The number of rotatable bonds is 5. The van der Waals surface area contributed by atoms with E-state index in [0.717, 1.165) is 0 Å². The van der Waals surface area contributed by atoms with Crippen LogP contribution in [0.25, 0.3) is 0 Å². The molecule has 80 valence electrons. The summed E-state index contributed by atoms with van der Waals surface area (Å²) in [5.41, 5.74) is 5.06. The maximum Gasteiger partial charge on any atom is 0.398 e. The van der Waals surface area contributed by atoms with Crippen LogP contribution in [0, 0.1) is 5.41 Å². The minimum absolute atomic E-state index is 0.435. The normalized spacial score (nSPS) is 15.8. The van der Waals surface area contributed by atoms with Crippen LogP contribution in [0.15, 0.2) is 0 Å². The second kappa shape index (κ2) is 4.36. The SMILES string of the molecule is CCC(C)(CC)C(N)OS(=O)(=O)O. The molecule has 0 rings (SSSR count). The smallest absolute Gasteiger partial charge is 0.304 e. The van der Waals surface area contributed by atoms with E-state index < -0.39 is 22.0 Å². The summed E-state index contributed by atoms with van der Waals surface area (Å²) in [6, 6.07) is 0. The highest BCUT2D eigenvalue weighted by Gasteiger charge is 2.31. The highest BCUT2D eigenvalue weighted by molar-refractivity contribution is 7.80. The summed E-state index contributed by atoms with van der Waals surface area (Å²) < 4.78 is 33.4. The lowest BCUT2D eigenvalue weighted by atomic mass is 9.83. The molecule has 0 radical (unpaired) electrons. The van der Waals surface area contributed by atoms with Gasteiger partial charge >= 0.3 is 10.4 Å². The Hall–Kier alpha value is -0.170. The molecule has 0 saturated heterocycles. The van der Waals surface area contributed by atoms with Crippen molar-refractivity contribution in [3.05, 3.63) is 0 Å². The Kier molecular flexibility index (Phi) is 4.31. The predicted molar refractivity (Wildman–Crippen MR) is 49.3 cm³/mol. The maximum atomic E-state index is 10.4. The highest BCUT2D eigenvalue weighted by atomic mass is 32.3. The molecule has 0 amide bonds. The van der Waals surface area contributed by atoms with Crippen LogP contribution in [-0.4, -0.2) is 19.2 Å². The average molecular weight is 211 g/mol. The van der Waals surface area contributed by atoms with Crippen molar-refractivity contribution in [2.75, 3.05) is 0 Å². The Bertz CT molecular complexity index is 245.